The largest absolute Gasteiger partial charge is 0.309 e. The molecule has 4 aromatic rings. The van der Waals surface area contributed by atoms with Crippen LogP contribution < -0.4 is 21.2 Å². The molecule has 4 rings (SSSR count). The van der Waals surface area contributed by atoms with Gasteiger partial charge >= 0.3 is 0 Å². The molecular weight excluding hydrogens is 440 g/mol. The molecule has 168 valence electrons. The number of rotatable bonds is 8. The van der Waals surface area contributed by atoms with Crippen molar-refractivity contribution in [3.05, 3.63) is 121 Å². The first-order valence-corrected chi connectivity index (χ1v) is 15.1. The fraction of sp³-hybridized carbons (Fsp3) is 0.138. The lowest BCUT2D eigenvalue weighted by Crippen LogP contribution is -2.34. The van der Waals surface area contributed by atoms with Crippen LogP contribution >= 0.6 is 14.2 Å². The van der Waals surface area contributed by atoms with Gasteiger partial charge in [0.2, 0.25) is 0 Å². The van der Waals surface area contributed by atoms with E-state index in [2.05, 4.69) is 84.7 Å². The van der Waals surface area contributed by atoms with Gasteiger partial charge in [-0.1, -0.05) is 135 Å². The molecule has 0 saturated heterocycles. The van der Waals surface area contributed by atoms with Gasteiger partial charge in [0.15, 0.2) is 7.14 Å². The number of hydrogen-bond donors (Lipinski definition) is 0. The van der Waals surface area contributed by atoms with Crippen LogP contribution in [0.5, 0.6) is 0 Å². The van der Waals surface area contributed by atoms with Crippen molar-refractivity contribution in [1.29, 1.82) is 0 Å². The Morgan fingerprint density at radius 1 is 0.545 bits per heavy atom. The van der Waals surface area contributed by atoms with Crippen molar-refractivity contribution in [2.45, 2.75) is 13.8 Å². The minimum Gasteiger partial charge on any atom is -0.309 e. The van der Waals surface area contributed by atoms with Crippen LogP contribution in [0, 0.1) is 0 Å². The first kappa shape index (κ1) is 23.5. The molecule has 0 aromatic heterocycles. The van der Waals surface area contributed by atoms with E-state index in [0.717, 1.165) is 23.7 Å². The summed E-state index contributed by atoms with van der Waals surface area (Å²) in [7, 11) is -5.39. The van der Waals surface area contributed by atoms with Crippen LogP contribution in [0.1, 0.15) is 13.8 Å². The standard InChI is InChI=1S/C29H31NOP2/c1-3-30(4-2)32(26-17-9-5-10-18-26,27-19-11-6-12-20-27)25-33(31,28-21-13-7-14-22-28)29-23-15-8-16-24-29/h5-25H,3-4H2,1-2H3. The minimum absolute atomic E-state index is 0.869. The van der Waals surface area contributed by atoms with Crippen molar-refractivity contribution in [3.63, 3.8) is 0 Å². The maximum Gasteiger partial charge on any atom is 0.166 e. The Bertz CT molecular complexity index is 1170. The van der Waals surface area contributed by atoms with E-state index in [4.69, 9.17) is 0 Å². The predicted octanol–water partition coefficient (Wildman–Crippen LogP) is 5.69. The van der Waals surface area contributed by atoms with Crippen molar-refractivity contribution >= 4 is 40.9 Å². The molecule has 0 amide bonds. The summed E-state index contributed by atoms with van der Waals surface area (Å²) in [6.07, 6.45) is 0. The van der Waals surface area contributed by atoms with Gasteiger partial charge in [-0.25, -0.2) is 0 Å². The molecular formula is C29H31NOP2. The lowest BCUT2D eigenvalue weighted by atomic mass is 10.4. The van der Waals surface area contributed by atoms with Gasteiger partial charge in [0, 0.05) is 23.2 Å². The first-order valence-electron chi connectivity index (χ1n) is 11.5. The first-order chi connectivity index (χ1) is 16.1. The Hall–Kier alpha value is -2.63. The summed E-state index contributed by atoms with van der Waals surface area (Å²) < 4.78 is 17.8. The van der Waals surface area contributed by atoms with E-state index in [1.807, 2.05) is 60.7 Å². The average molecular weight is 472 g/mol. The summed E-state index contributed by atoms with van der Waals surface area (Å²) in [5.41, 5.74) is 2.25. The van der Waals surface area contributed by atoms with Gasteiger partial charge < -0.3 is 4.57 Å². The van der Waals surface area contributed by atoms with Crippen molar-refractivity contribution < 1.29 is 4.57 Å². The number of benzene rings is 4. The van der Waals surface area contributed by atoms with Gasteiger partial charge in [0.05, 0.1) is 0 Å². The molecule has 0 radical (unpaired) electrons. The van der Waals surface area contributed by atoms with Crippen LogP contribution in [-0.4, -0.2) is 23.3 Å². The van der Waals surface area contributed by atoms with Crippen molar-refractivity contribution in [2.24, 2.45) is 0 Å². The lowest BCUT2D eigenvalue weighted by molar-refractivity contribution is 0.512. The third kappa shape index (κ3) is 4.57. The summed E-state index contributed by atoms with van der Waals surface area (Å²) in [6.45, 7) is 6.14. The number of hydrogen-bond acceptors (Lipinski definition) is 2. The molecule has 0 aliphatic rings. The highest BCUT2D eigenvalue weighted by Gasteiger charge is 2.35. The predicted molar refractivity (Wildman–Crippen MR) is 148 cm³/mol. The monoisotopic (exact) mass is 471 g/mol. The van der Waals surface area contributed by atoms with Gasteiger partial charge in [-0.15, -0.1) is 0 Å². The van der Waals surface area contributed by atoms with Crippen LogP contribution in [0.25, 0.3) is 0 Å². The zero-order valence-electron chi connectivity index (χ0n) is 19.3. The summed E-state index contributed by atoms with van der Waals surface area (Å²) >= 11 is 0. The molecule has 0 aliphatic carbocycles. The number of nitrogens with zero attached hydrogens (tertiary/aromatic N) is 1. The van der Waals surface area contributed by atoms with Crippen molar-refractivity contribution in [1.82, 2.24) is 4.67 Å². The Labute approximate surface area is 198 Å². The topological polar surface area (TPSA) is 20.3 Å². The zero-order valence-corrected chi connectivity index (χ0v) is 21.1. The third-order valence-electron chi connectivity index (χ3n) is 6.09. The Morgan fingerprint density at radius 2 is 0.848 bits per heavy atom. The SMILES string of the molecule is CCN(CC)P(=CP(=O)(c1ccccc1)c1ccccc1)(c1ccccc1)c1ccccc1. The smallest absolute Gasteiger partial charge is 0.166 e. The molecule has 4 heteroatoms. The van der Waals surface area contributed by atoms with E-state index in [9.17, 15) is 0 Å². The zero-order chi connectivity index (χ0) is 23.2. The highest BCUT2D eigenvalue weighted by atomic mass is 31.2. The molecule has 0 heterocycles. The van der Waals surface area contributed by atoms with E-state index in [0.29, 0.717) is 0 Å². The summed E-state index contributed by atoms with van der Waals surface area (Å²) in [5, 5.41) is 4.21. The highest BCUT2D eigenvalue weighted by Crippen LogP contribution is 2.56. The quantitative estimate of drug-likeness (QED) is 0.308. The highest BCUT2D eigenvalue weighted by molar-refractivity contribution is 8.06. The molecule has 4 aromatic carbocycles. The van der Waals surface area contributed by atoms with Crippen molar-refractivity contribution in [3.8, 4) is 0 Å². The summed E-state index contributed by atoms with van der Waals surface area (Å²) in [5.74, 6) is 0. The molecule has 0 bridgehead atoms. The Balaban J connectivity index is 2.18. The van der Waals surface area contributed by atoms with Gasteiger partial charge in [0.1, 0.15) is 0 Å². The van der Waals surface area contributed by atoms with E-state index < -0.39 is 14.2 Å². The fourth-order valence-corrected chi connectivity index (χ4v) is 13.7. The van der Waals surface area contributed by atoms with Gasteiger partial charge in [-0.2, -0.15) is 0 Å². The van der Waals surface area contributed by atoms with E-state index in [1.165, 1.54) is 10.6 Å². The average Bonchev–Trinajstić information content (AvgIpc) is 2.90. The van der Waals surface area contributed by atoms with Crippen LogP contribution in [0.3, 0.4) is 0 Å². The fourth-order valence-electron chi connectivity index (χ4n) is 4.48. The summed E-state index contributed by atoms with van der Waals surface area (Å²) in [4.78, 5) is 0. The van der Waals surface area contributed by atoms with E-state index in [1.54, 1.807) is 0 Å². The lowest BCUT2D eigenvalue weighted by Gasteiger charge is -2.39. The van der Waals surface area contributed by atoms with Gasteiger partial charge in [-0.05, 0) is 23.7 Å². The molecule has 0 spiro atoms. The van der Waals surface area contributed by atoms with Crippen LogP contribution in [0.15, 0.2) is 121 Å². The third-order valence-corrected chi connectivity index (χ3v) is 14.5. The van der Waals surface area contributed by atoms with Crippen LogP contribution in [0.2, 0.25) is 0 Å². The van der Waals surface area contributed by atoms with Gasteiger partial charge in [0.25, 0.3) is 0 Å². The van der Waals surface area contributed by atoms with Crippen LogP contribution in [0.4, 0.5) is 0 Å². The molecule has 0 aliphatic heterocycles. The molecule has 0 N–H and O–H groups in total. The molecule has 0 unspecified atom stereocenters. The maximum atomic E-state index is 15.3. The minimum atomic E-state index is -3.07. The van der Waals surface area contributed by atoms with Gasteiger partial charge in [-0.3, -0.25) is 4.67 Å². The van der Waals surface area contributed by atoms with Crippen LogP contribution in [-0.2, 0) is 4.57 Å². The van der Waals surface area contributed by atoms with E-state index in [-0.39, 0.29) is 0 Å². The second-order valence-corrected chi connectivity index (χ2v) is 14.2. The van der Waals surface area contributed by atoms with Crippen molar-refractivity contribution in [2.75, 3.05) is 13.1 Å². The maximum absolute atomic E-state index is 15.3. The molecule has 0 saturated carbocycles. The molecule has 0 fully saturated rings. The Kier molecular flexibility index (Phi) is 7.51. The summed E-state index contributed by atoms with van der Waals surface area (Å²) in [6, 6.07) is 41.3. The van der Waals surface area contributed by atoms with E-state index >= 15 is 4.57 Å². The normalized spacial score (nSPS) is 12.0. The second kappa shape index (κ2) is 10.5. The molecule has 0 atom stereocenters. The second-order valence-electron chi connectivity index (χ2n) is 7.94. The molecule has 2 nitrogen and oxygen atoms in total. The molecule has 33 heavy (non-hydrogen) atoms. The Morgan fingerprint density at radius 3 is 1.15 bits per heavy atom.